The second-order valence-electron chi connectivity index (χ2n) is 9.65. The zero-order valence-electron chi connectivity index (χ0n) is 22.8. The lowest BCUT2D eigenvalue weighted by Crippen LogP contribution is -2.29. The van der Waals surface area contributed by atoms with Crippen LogP contribution in [0.3, 0.4) is 0 Å². The van der Waals surface area contributed by atoms with Crippen molar-refractivity contribution >= 4 is 22.6 Å². The van der Waals surface area contributed by atoms with Gasteiger partial charge < -0.3 is 9.47 Å². The van der Waals surface area contributed by atoms with Crippen molar-refractivity contribution in [1.29, 1.82) is 0 Å². The Bertz CT molecular complexity index is 1490. The average Bonchev–Trinajstić information content (AvgIpc) is 2.93. The molecule has 4 rings (SSSR count). The first-order valence-corrected chi connectivity index (χ1v) is 13.9. The number of aryl methyl sites for hydroxylation is 2. The molecular weight excluding hydrogens is 522 g/mol. The van der Waals surface area contributed by atoms with Gasteiger partial charge in [0.1, 0.15) is 5.75 Å². The number of rotatable bonds is 8. The zero-order chi connectivity index (χ0) is 28.7. The number of nitrogens with zero attached hydrogens (tertiary/aromatic N) is 1. The number of carbonyl (C=O) groups excluding carboxylic acids is 1. The van der Waals surface area contributed by atoms with Crippen molar-refractivity contribution in [2.45, 2.75) is 48.0 Å². The summed E-state index contributed by atoms with van der Waals surface area (Å²) >= 11 is 0. The fraction of sp³-hybridized carbons (Fsp3) is 0.182. The zero-order valence-corrected chi connectivity index (χ0v) is 23.7. The topological polar surface area (TPSA) is 78.7 Å². The highest BCUT2D eigenvalue weighted by atomic mass is 32.2. The highest BCUT2D eigenvalue weighted by Gasteiger charge is 2.30. The second kappa shape index (κ2) is 12.5. The molecule has 0 saturated carbocycles. The predicted octanol–water partition coefficient (Wildman–Crippen LogP) is 7.06. The molecule has 0 radical (unpaired) electrons. The minimum atomic E-state index is -1.07. The average molecular weight is 553 g/mol. The largest absolute Gasteiger partial charge is 0.481 e. The Kier molecular flexibility index (Phi) is 8.93. The standard InChI is InChI=1S/C33H30NO5S/c1-24-21-30(40(28-11-7-5-8-12-28)29-13-9-6-10-14-29)22-25(2)32(24)38-23-31(35)39-33(3,4)20-19-26-15-17-27(18-16-26)34(36)37/h5-18,21-22H,23H2,1-4H3/q+1. The van der Waals surface area contributed by atoms with Gasteiger partial charge in [-0.05, 0) is 75.2 Å². The molecule has 0 aliphatic carbocycles. The Morgan fingerprint density at radius 2 is 1.38 bits per heavy atom. The van der Waals surface area contributed by atoms with Crippen LogP contribution in [0.15, 0.2) is 112 Å². The lowest BCUT2D eigenvalue weighted by Gasteiger charge is -2.20. The van der Waals surface area contributed by atoms with Gasteiger partial charge in [-0.25, -0.2) is 4.79 Å². The monoisotopic (exact) mass is 552 g/mol. The molecule has 0 aliphatic rings. The summed E-state index contributed by atoms with van der Waals surface area (Å²) in [5.41, 5.74) is 1.37. The van der Waals surface area contributed by atoms with Gasteiger partial charge in [-0.1, -0.05) is 48.2 Å². The van der Waals surface area contributed by atoms with Crippen LogP contribution in [0.25, 0.3) is 0 Å². The van der Waals surface area contributed by atoms with Gasteiger partial charge >= 0.3 is 5.97 Å². The van der Waals surface area contributed by atoms with Gasteiger partial charge in [0.05, 0.1) is 15.8 Å². The molecule has 0 amide bonds. The van der Waals surface area contributed by atoms with E-state index in [0.29, 0.717) is 11.3 Å². The van der Waals surface area contributed by atoms with Crippen molar-refractivity contribution in [2.75, 3.05) is 6.61 Å². The van der Waals surface area contributed by atoms with Crippen LogP contribution in [0.5, 0.6) is 5.75 Å². The molecular formula is C33H30NO5S+. The van der Waals surface area contributed by atoms with E-state index in [2.05, 4.69) is 72.5 Å². The molecule has 7 heteroatoms. The van der Waals surface area contributed by atoms with Crippen LogP contribution in [-0.2, 0) is 20.4 Å². The summed E-state index contributed by atoms with van der Waals surface area (Å²) < 4.78 is 11.5. The van der Waals surface area contributed by atoms with Crippen molar-refractivity contribution in [1.82, 2.24) is 0 Å². The van der Waals surface area contributed by atoms with Crippen LogP contribution in [0.2, 0.25) is 0 Å². The third-order valence-electron chi connectivity index (χ3n) is 5.92. The van der Waals surface area contributed by atoms with E-state index in [9.17, 15) is 14.9 Å². The lowest BCUT2D eigenvalue weighted by atomic mass is 10.1. The van der Waals surface area contributed by atoms with E-state index in [1.807, 2.05) is 26.0 Å². The number of carbonyl (C=O) groups is 1. The molecule has 0 heterocycles. The van der Waals surface area contributed by atoms with Crippen molar-refractivity contribution in [2.24, 2.45) is 0 Å². The SMILES string of the molecule is Cc1cc([S+](c2ccccc2)c2ccccc2)cc(C)c1OCC(=O)OC(C)(C)C#Cc1ccc([N+](=O)[O-])cc1. The molecule has 0 aromatic heterocycles. The summed E-state index contributed by atoms with van der Waals surface area (Å²) in [5.74, 6) is 5.92. The molecule has 0 bridgehead atoms. The van der Waals surface area contributed by atoms with Crippen LogP contribution < -0.4 is 4.74 Å². The number of esters is 1. The first kappa shape index (κ1) is 28.5. The van der Waals surface area contributed by atoms with Crippen molar-refractivity contribution < 1.29 is 19.2 Å². The van der Waals surface area contributed by atoms with Crippen molar-refractivity contribution in [3.63, 3.8) is 0 Å². The molecule has 0 spiro atoms. The summed E-state index contributed by atoms with van der Waals surface area (Å²) in [5, 5.41) is 10.8. The van der Waals surface area contributed by atoms with Crippen molar-refractivity contribution in [3.8, 4) is 17.6 Å². The van der Waals surface area contributed by atoms with Crippen LogP contribution in [-0.4, -0.2) is 23.1 Å². The first-order chi connectivity index (χ1) is 19.1. The minimum Gasteiger partial charge on any atom is -0.481 e. The quantitative estimate of drug-likeness (QED) is 0.0769. The number of hydrogen-bond acceptors (Lipinski definition) is 5. The molecule has 0 aliphatic heterocycles. The second-order valence-corrected chi connectivity index (χ2v) is 11.7. The van der Waals surface area contributed by atoms with E-state index in [0.717, 1.165) is 11.1 Å². The maximum Gasteiger partial charge on any atom is 0.345 e. The summed E-state index contributed by atoms with van der Waals surface area (Å²) in [7, 11) is -0.287. The molecule has 0 fully saturated rings. The van der Waals surface area contributed by atoms with Gasteiger partial charge in [-0.3, -0.25) is 10.1 Å². The summed E-state index contributed by atoms with van der Waals surface area (Å²) in [6.45, 7) is 7.07. The van der Waals surface area contributed by atoms with Gasteiger partial charge in [0.15, 0.2) is 26.9 Å². The number of ether oxygens (including phenoxy) is 2. The highest BCUT2D eigenvalue weighted by molar-refractivity contribution is 7.97. The molecule has 4 aromatic rings. The van der Waals surface area contributed by atoms with E-state index >= 15 is 0 Å². The molecule has 6 nitrogen and oxygen atoms in total. The van der Waals surface area contributed by atoms with E-state index in [4.69, 9.17) is 9.47 Å². The minimum absolute atomic E-state index is 0.0110. The molecule has 0 saturated heterocycles. The number of benzene rings is 4. The summed E-state index contributed by atoms with van der Waals surface area (Å²) in [6, 6.07) is 31.0. The van der Waals surface area contributed by atoms with E-state index in [-0.39, 0.29) is 23.2 Å². The maximum absolute atomic E-state index is 12.6. The van der Waals surface area contributed by atoms with Crippen LogP contribution in [0.4, 0.5) is 5.69 Å². The van der Waals surface area contributed by atoms with Gasteiger partial charge in [0.2, 0.25) is 0 Å². The van der Waals surface area contributed by atoms with Crippen LogP contribution in [0.1, 0.15) is 30.5 Å². The normalized spacial score (nSPS) is 10.9. The highest BCUT2D eigenvalue weighted by Crippen LogP contribution is 2.35. The number of hydrogen-bond donors (Lipinski definition) is 0. The Morgan fingerprint density at radius 1 is 0.850 bits per heavy atom. The Morgan fingerprint density at radius 3 is 1.88 bits per heavy atom. The van der Waals surface area contributed by atoms with Gasteiger partial charge in [-0.2, -0.15) is 0 Å². The van der Waals surface area contributed by atoms with Crippen molar-refractivity contribution in [3.05, 3.63) is 124 Å². The van der Waals surface area contributed by atoms with Gasteiger partial charge in [0.25, 0.3) is 5.69 Å². The Hall–Kier alpha value is -4.54. The molecule has 0 N–H and O–H groups in total. The molecule has 202 valence electrons. The molecule has 40 heavy (non-hydrogen) atoms. The predicted molar refractivity (Wildman–Crippen MR) is 157 cm³/mol. The third kappa shape index (κ3) is 7.31. The Balaban J connectivity index is 1.46. The molecule has 0 unspecified atom stereocenters. The van der Waals surface area contributed by atoms with Gasteiger partial charge in [0, 0.05) is 29.8 Å². The van der Waals surface area contributed by atoms with E-state index in [1.54, 1.807) is 26.0 Å². The fourth-order valence-electron chi connectivity index (χ4n) is 4.14. The molecule has 4 aromatic carbocycles. The summed E-state index contributed by atoms with van der Waals surface area (Å²) in [6.07, 6.45) is 0. The van der Waals surface area contributed by atoms with Gasteiger partial charge in [-0.15, -0.1) is 0 Å². The number of nitro groups is 1. The smallest absolute Gasteiger partial charge is 0.345 e. The van der Waals surface area contributed by atoms with Crippen LogP contribution >= 0.6 is 0 Å². The summed E-state index contributed by atoms with van der Waals surface area (Å²) in [4.78, 5) is 26.6. The maximum atomic E-state index is 12.6. The number of nitro benzene ring substituents is 1. The lowest BCUT2D eigenvalue weighted by molar-refractivity contribution is -0.384. The first-order valence-electron chi connectivity index (χ1n) is 12.7. The fourth-order valence-corrected chi connectivity index (χ4v) is 6.40. The van der Waals surface area contributed by atoms with Crippen LogP contribution in [0, 0.1) is 35.8 Å². The Labute approximate surface area is 237 Å². The van der Waals surface area contributed by atoms with E-state index < -0.39 is 16.5 Å². The molecule has 0 atom stereocenters. The van der Waals surface area contributed by atoms with E-state index in [1.165, 1.54) is 26.8 Å². The number of non-ortho nitro benzene ring substituents is 1. The third-order valence-corrected chi connectivity index (χ3v) is 8.11.